The lowest BCUT2D eigenvalue weighted by Crippen LogP contribution is -2.42. The summed E-state index contributed by atoms with van der Waals surface area (Å²) in [5.74, 6) is 1.45. The topological polar surface area (TPSA) is 38.9 Å². The number of hydrogen-bond acceptors (Lipinski definition) is 2. The molecule has 0 aliphatic heterocycles. The van der Waals surface area contributed by atoms with Gasteiger partial charge in [-0.1, -0.05) is 44.9 Å². The molecule has 2 aromatic rings. The third-order valence-electron chi connectivity index (χ3n) is 4.99. The fourth-order valence-electron chi connectivity index (χ4n) is 3.71. The second kappa shape index (κ2) is 5.17. The maximum Gasteiger partial charge on any atom is 0.0419 e. The molecule has 1 aromatic heterocycles. The predicted molar refractivity (Wildman–Crippen MR) is 84.4 cm³/mol. The first-order valence-corrected chi connectivity index (χ1v) is 7.72. The van der Waals surface area contributed by atoms with Gasteiger partial charge in [0.2, 0.25) is 0 Å². The molecule has 2 unspecified atom stereocenters. The Morgan fingerprint density at radius 1 is 1.30 bits per heavy atom. The molecule has 0 spiro atoms. The van der Waals surface area contributed by atoms with Crippen molar-refractivity contribution in [3.8, 4) is 0 Å². The van der Waals surface area contributed by atoms with Crippen molar-refractivity contribution >= 4 is 10.8 Å². The summed E-state index contributed by atoms with van der Waals surface area (Å²) in [6.45, 7) is 4.64. The minimum Gasteiger partial charge on any atom is -0.321 e. The monoisotopic (exact) mass is 268 g/mol. The van der Waals surface area contributed by atoms with Gasteiger partial charge >= 0.3 is 0 Å². The van der Waals surface area contributed by atoms with E-state index in [0.29, 0.717) is 5.92 Å². The van der Waals surface area contributed by atoms with Gasteiger partial charge in [0.05, 0.1) is 0 Å². The molecule has 0 bridgehead atoms. The van der Waals surface area contributed by atoms with Crippen LogP contribution in [0.2, 0.25) is 0 Å². The number of aromatic nitrogens is 1. The Morgan fingerprint density at radius 3 is 2.95 bits per heavy atom. The highest BCUT2D eigenvalue weighted by Crippen LogP contribution is 2.42. The number of rotatable bonds is 2. The molecule has 1 aliphatic carbocycles. The van der Waals surface area contributed by atoms with Gasteiger partial charge in [0.15, 0.2) is 0 Å². The van der Waals surface area contributed by atoms with Crippen LogP contribution in [0, 0.1) is 11.8 Å². The molecule has 20 heavy (non-hydrogen) atoms. The van der Waals surface area contributed by atoms with E-state index in [-0.39, 0.29) is 5.54 Å². The van der Waals surface area contributed by atoms with Gasteiger partial charge in [-0.05, 0) is 41.7 Å². The number of hydrogen-bond donors (Lipinski definition) is 1. The van der Waals surface area contributed by atoms with E-state index in [1.165, 1.54) is 29.2 Å². The Bertz CT molecular complexity index is 600. The molecule has 1 saturated carbocycles. The van der Waals surface area contributed by atoms with E-state index in [9.17, 15) is 0 Å². The summed E-state index contributed by atoms with van der Waals surface area (Å²) in [4.78, 5) is 4.30. The average molecular weight is 268 g/mol. The van der Waals surface area contributed by atoms with Crippen LogP contribution in [0.1, 0.15) is 45.1 Å². The molecule has 2 heteroatoms. The Kier molecular flexibility index (Phi) is 3.51. The molecule has 2 nitrogen and oxygen atoms in total. The first kappa shape index (κ1) is 13.6. The van der Waals surface area contributed by atoms with Crippen LogP contribution < -0.4 is 5.73 Å². The first-order chi connectivity index (χ1) is 9.60. The van der Waals surface area contributed by atoms with Crippen LogP contribution in [0.4, 0.5) is 0 Å². The van der Waals surface area contributed by atoms with E-state index in [2.05, 4.69) is 43.1 Å². The third kappa shape index (κ3) is 2.33. The van der Waals surface area contributed by atoms with Crippen LogP contribution in [-0.4, -0.2) is 4.98 Å². The summed E-state index contributed by atoms with van der Waals surface area (Å²) in [5.41, 5.74) is 7.95. The normalized spacial score (nSPS) is 27.1. The molecule has 3 rings (SSSR count). The lowest BCUT2D eigenvalue weighted by molar-refractivity contribution is 0.185. The molecular formula is C18H24N2. The quantitative estimate of drug-likeness (QED) is 0.885. The minimum atomic E-state index is -0.185. The Labute approximate surface area is 121 Å². The van der Waals surface area contributed by atoms with Crippen molar-refractivity contribution in [3.63, 3.8) is 0 Å². The highest BCUT2D eigenvalue weighted by Gasteiger charge is 2.36. The maximum atomic E-state index is 6.85. The predicted octanol–water partition coefficient (Wildman–Crippen LogP) is 4.24. The number of fused-ring (bicyclic) bond motifs is 1. The molecule has 1 aromatic carbocycles. The molecule has 1 fully saturated rings. The average Bonchev–Trinajstić information content (AvgIpc) is 2.46. The van der Waals surface area contributed by atoms with Gasteiger partial charge in [-0.25, -0.2) is 0 Å². The highest BCUT2D eigenvalue weighted by atomic mass is 14.8. The fourth-order valence-corrected chi connectivity index (χ4v) is 3.71. The Morgan fingerprint density at radius 2 is 2.15 bits per heavy atom. The summed E-state index contributed by atoms with van der Waals surface area (Å²) >= 11 is 0. The van der Waals surface area contributed by atoms with E-state index < -0.39 is 0 Å². The number of benzene rings is 1. The maximum absolute atomic E-state index is 6.85. The smallest absolute Gasteiger partial charge is 0.0419 e. The van der Waals surface area contributed by atoms with E-state index in [4.69, 9.17) is 5.73 Å². The number of pyridine rings is 1. The highest BCUT2D eigenvalue weighted by molar-refractivity contribution is 5.85. The van der Waals surface area contributed by atoms with E-state index in [1.807, 2.05) is 12.4 Å². The zero-order chi connectivity index (χ0) is 14.2. The summed E-state index contributed by atoms with van der Waals surface area (Å²) in [6.07, 6.45) is 8.56. The Hall–Kier alpha value is -1.41. The number of nitrogens with two attached hydrogens (primary N) is 1. The summed E-state index contributed by atoms with van der Waals surface area (Å²) in [7, 11) is 0. The Balaban J connectivity index is 2.05. The van der Waals surface area contributed by atoms with Gasteiger partial charge in [-0.2, -0.15) is 0 Å². The zero-order valence-electron chi connectivity index (χ0n) is 12.5. The fraction of sp³-hybridized carbons (Fsp3) is 0.500. The molecular weight excluding hydrogens is 244 g/mol. The second-order valence-corrected chi connectivity index (χ2v) is 6.66. The second-order valence-electron chi connectivity index (χ2n) is 6.66. The molecule has 0 radical (unpaired) electrons. The van der Waals surface area contributed by atoms with Crippen LogP contribution in [0.15, 0.2) is 36.7 Å². The van der Waals surface area contributed by atoms with Crippen molar-refractivity contribution < 1.29 is 0 Å². The van der Waals surface area contributed by atoms with E-state index in [1.54, 1.807) is 0 Å². The molecule has 2 atom stereocenters. The van der Waals surface area contributed by atoms with Crippen molar-refractivity contribution in [3.05, 3.63) is 42.2 Å². The van der Waals surface area contributed by atoms with E-state index >= 15 is 0 Å². The van der Waals surface area contributed by atoms with Crippen LogP contribution in [0.25, 0.3) is 10.8 Å². The van der Waals surface area contributed by atoms with Crippen molar-refractivity contribution in [2.75, 3.05) is 0 Å². The van der Waals surface area contributed by atoms with Gasteiger partial charge in [-0.3, -0.25) is 4.98 Å². The zero-order valence-corrected chi connectivity index (χ0v) is 12.5. The molecule has 2 N–H and O–H groups in total. The van der Waals surface area contributed by atoms with Crippen molar-refractivity contribution in [2.45, 2.75) is 45.1 Å². The lowest BCUT2D eigenvalue weighted by Gasteiger charge is -2.40. The van der Waals surface area contributed by atoms with Crippen LogP contribution in [0.3, 0.4) is 0 Å². The molecule has 1 heterocycles. The number of nitrogens with zero attached hydrogens (tertiary/aromatic N) is 1. The molecule has 0 saturated heterocycles. The van der Waals surface area contributed by atoms with Crippen molar-refractivity contribution in [1.82, 2.24) is 4.98 Å². The molecule has 0 amide bonds. The SMILES string of the molecule is CC(C)C1CCCC(N)(c2cccc3ccncc23)C1. The summed E-state index contributed by atoms with van der Waals surface area (Å²) in [6, 6.07) is 8.55. The third-order valence-corrected chi connectivity index (χ3v) is 4.99. The van der Waals surface area contributed by atoms with Crippen molar-refractivity contribution in [1.29, 1.82) is 0 Å². The van der Waals surface area contributed by atoms with Crippen LogP contribution in [-0.2, 0) is 5.54 Å². The lowest BCUT2D eigenvalue weighted by atomic mass is 9.69. The van der Waals surface area contributed by atoms with Gasteiger partial charge < -0.3 is 5.73 Å². The van der Waals surface area contributed by atoms with Crippen molar-refractivity contribution in [2.24, 2.45) is 17.6 Å². The summed E-state index contributed by atoms with van der Waals surface area (Å²) in [5, 5.41) is 2.47. The van der Waals surface area contributed by atoms with Gasteiger partial charge in [0.25, 0.3) is 0 Å². The molecule has 1 aliphatic rings. The molecule has 106 valence electrons. The van der Waals surface area contributed by atoms with Gasteiger partial charge in [0.1, 0.15) is 0 Å². The van der Waals surface area contributed by atoms with Crippen LogP contribution >= 0.6 is 0 Å². The standard InChI is InChI=1S/C18H24N2/c1-13(2)15-6-4-9-18(19,11-15)17-7-3-5-14-8-10-20-12-16(14)17/h3,5,7-8,10,12-13,15H,4,6,9,11,19H2,1-2H3. The summed E-state index contributed by atoms with van der Waals surface area (Å²) < 4.78 is 0. The van der Waals surface area contributed by atoms with Gasteiger partial charge in [-0.15, -0.1) is 0 Å². The van der Waals surface area contributed by atoms with Gasteiger partial charge in [0, 0.05) is 23.3 Å². The largest absolute Gasteiger partial charge is 0.321 e. The minimum absolute atomic E-state index is 0.185. The first-order valence-electron chi connectivity index (χ1n) is 7.72. The van der Waals surface area contributed by atoms with Crippen LogP contribution in [0.5, 0.6) is 0 Å². The van der Waals surface area contributed by atoms with E-state index in [0.717, 1.165) is 18.8 Å².